The molecular weight excluding hydrogens is 126 g/mol. The lowest BCUT2D eigenvalue weighted by Crippen LogP contribution is -2.50. The summed E-state index contributed by atoms with van der Waals surface area (Å²) in [5.74, 6) is 0. The minimum atomic E-state index is 0.205. The molecule has 2 nitrogen and oxygen atoms in total. The summed E-state index contributed by atoms with van der Waals surface area (Å²) in [6, 6.07) is 0. The van der Waals surface area contributed by atoms with Crippen molar-refractivity contribution in [2.24, 2.45) is 0 Å². The van der Waals surface area contributed by atoms with Crippen LogP contribution in [-0.2, 0) is 4.79 Å². The van der Waals surface area contributed by atoms with E-state index >= 15 is 0 Å². The summed E-state index contributed by atoms with van der Waals surface area (Å²) in [5.41, 5.74) is 0.205. The molecule has 0 saturated heterocycles. The zero-order chi connectivity index (χ0) is 7.45. The van der Waals surface area contributed by atoms with Crippen molar-refractivity contribution >= 4 is 6.41 Å². The number of nitrogens with one attached hydrogen (secondary N) is 1. The number of carbonyl (C=O) groups excluding carboxylic acids is 1. The van der Waals surface area contributed by atoms with E-state index in [4.69, 9.17) is 0 Å². The second kappa shape index (κ2) is 3.04. The summed E-state index contributed by atoms with van der Waals surface area (Å²) in [6.45, 7) is 2.16. The normalized spacial score (nSPS) is 21.3. The molecule has 1 aliphatic rings. The number of hydrogen-bond donors (Lipinski definition) is 1. The summed E-state index contributed by atoms with van der Waals surface area (Å²) in [4.78, 5) is 10.2. The fraction of sp³-hybridized carbons (Fsp3) is 0.875. The van der Waals surface area contributed by atoms with E-state index in [1.54, 1.807) is 0 Å². The summed E-state index contributed by atoms with van der Waals surface area (Å²) in [7, 11) is 0. The van der Waals surface area contributed by atoms with Crippen LogP contribution in [-0.4, -0.2) is 11.9 Å². The molecule has 0 radical (unpaired) electrons. The molecule has 0 heterocycles. The first-order valence-electron chi connectivity index (χ1n) is 4.04. The minimum absolute atomic E-state index is 0.205. The third-order valence-corrected chi connectivity index (χ3v) is 2.40. The van der Waals surface area contributed by atoms with E-state index < -0.39 is 0 Å². The summed E-state index contributed by atoms with van der Waals surface area (Å²) < 4.78 is 0. The smallest absolute Gasteiger partial charge is 0.207 e. The standard InChI is InChI=1S/C8H15NO/c1-2-4-8(9-7-10)5-3-6-8/h7H,2-6H2,1H3,(H,9,10). The van der Waals surface area contributed by atoms with Gasteiger partial charge in [-0.25, -0.2) is 0 Å². The summed E-state index contributed by atoms with van der Waals surface area (Å²) in [5, 5.41) is 2.92. The minimum Gasteiger partial charge on any atom is -0.353 e. The van der Waals surface area contributed by atoms with Gasteiger partial charge in [-0.2, -0.15) is 0 Å². The Bertz CT molecular complexity index is 118. The molecule has 1 saturated carbocycles. The molecule has 0 unspecified atom stereocenters. The average Bonchev–Trinajstić information content (AvgIpc) is 1.84. The number of rotatable bonds is 4. The van der Waals surface area contributed by atoms with Crippen molar-refractivity contribution in [2.45, 2.75) is 44.6 Å². The van der Waals surface area contributed by atoms with Gasteiger partial charge >= 0.3 is 0 Å². The highest BCUT2D eigenvalue weighted by atomic mass is 16.1. The van der Waals surface area contributed by atoms with Crippen molar-refractivity contribution in [2.75, 3.05) is 0 Å². The van der Waals surface area contributed by atoms with Gasteiger partial charge in [0, 0.05) is 5.54 Å². The molecule has 58 valence electrons. The van der Waals surface area contributed by atoms with Crippen molar-refractivity contribution in [1.82, 2.24) is 5.32 Å². The van der Waals surface area contributed by atoms with E-state index in [0.29, 0.717) is 0 Å². The van der Waals surface area contributed by atoms with Crippen molar-refractivity contribution in [3.8, 4) is 0 Å². The Morgan fingerprint density at radius 1 is 1.60 bits per heavy atom. The molecule has 1 amide bonds. The number of hydrogen-bond acceptors (Lipinski definition) is 1. The molecule has 10 heavy (non-hydrogen) atoms. The zero-order valence-electron chi connectivity index (χ0n) is 6.52. The lowest BCUT2D eigenvalue weighted by atomic mass is 9.74. The van der Waals surface area contributed by atoms with Crippen LogP contribution >= 0.6 is 0 Å². The van der Waals surface area contributed by atoms with E-state index in [2.05, 4.69) is 12.2 Å². The van der Waals surface area contributed by atoms with E-state index in [9.17, 15) is 4.79 Å². The summed E-state index contributed by atoms with van der Waals surface area (Å²) in [6.07, 6.45) is 6.79. The quantitative estimate of drug-likeness (QED) is 0.590. The molecule has 1 fully saturated rings. The van der Waals surface area contributed by atoms with Gasteiger partial charge in [-0.05, 0) is 25.7 Å². The van der Waals surface area contributed by atoms with Crippen LogP contribution in [0.3, 0.4) is 0 Å². The van der Waals surface area contributed by atoms with Gasteiger partial charge in [0.05, 0.1) is 0 Å². The van der Waals surface area contributed by atoms with Crippen LogP contribution < -0.4 is 5.32 Å². The number of carbonyl (C=O) groups is 1. The maximum absolute atomic E-state index is 10.2. The van der Waals surface area contributed by atoms with Crippen LogP contribution in [0.15, 0.2) is 0 Å². The Hall–Kier alpha value is -0.530. The van der Waals surface area contributed by atoms with E-state index in [1.807, 2.05) is 0 Å². The highest BCUT2D eigenvalue weighted by molar-refractivity contribution is 5.48. The van der Waals surface area contributed by atoms with Crippen molar-refractivity contribution in [3.05, 3.63) is 0 Å². The molecule has 2 heteroatoms. The molecule has 0 aromatic rings. The van der Waals surface area contributed by atoms with Crippen LogP contribution in [0, 0.1) is 0 Å². The Labute approximate surface area is 62.0 Å². The van der Waals surface area contributed by atoms with Gasteiger partial charge in [0.25, 0.3) is 0 Å². The zero-order valence-corrected chi connectivity index (χ0v) is 6.52. The predicted molar refractivity (Wildman–Crippen MR) is 40.7 cm³/mol. The van der Waals surface area contributed by atoms with Crippen molar-refractivity contribution in [3.63, 3.8) is 0 Å². The first-order valence-corrected chi connectivity index (χ1v) is 4.04. The van der Waals surface area contributed by atoms with Gasteiger partial charge in [-0.1, -0.05) is 13.3 Å². The second-order valence-corrected chi connectivity index (χ2v) is 3.15. The van der Waals surface area contributed by atoms with E-state index in [0.717, 1.165) is 12.8 Å². The Kier molecular flexibility index (Phi) is 2.30. The first kappa shape index (κ1) is 7.58. The maximum Gasteiger partial charge on any atom is 0.207 e. The van der Waals surface area contributed by atoms with Gasteiger partial charge < -0.3 is 5.32 Å². The molecule has 0 aliphatic heterocycles. The molecule has 1 N–H and O–H groups in total. The Balaban J connectivity index is 2.34. The highest BCUT2D eigenvalue weighted by Gasteiger charge is 2.34. The van der Waals surface area contributed by atoms with Crippen LogP contribution in [0.5, 0.6) is 0 Å². The molecule has 1 rings (SSSR count). The fourth-order valence-electron chi connectivity index (χ4n) is 1.67. The topological polar surface area (TPSA) is 29.1 Å². The predicted octanol–water partition coefficient (Wildman–Crippen LogP) is 1.46. The molecular formula is C8H15NO. The third kappa shape index (κ3) is 1.31. The van der Waals surface area contributed by atoms with Crippen LogP contribution in [0.2, 0.25) is 0 Å². The molecule has 0 spiro atoms. The van der Waals surface area contributed by atoms with Gasteiger partial charge in [0.15, 0.2) is 0 Å². The Morgan fingerprint density at radius 2 is 2.30 bits per heavy atom. The van der Waals surface area contributed by atoms with Gasteiger partial charge in [-0.15, -0.1) is 0 Å². The van der Waals surface area contributed by atoms with Crippen LogP contribution in [0.1, 0.15) is 39.0 Å². The molecule has 0 aromatic heterocycles. The maximum atomic E-state index is 10.2. The second-order valence-electron chi connectivity index (χ2n) is 3.15. The van der Waals surface area contributed by atoms with Gasteiger partial charge in [0.1, 0.15) is 0 Å². The SMILES string of the molecule is CCCC1(NC=O)CCC1. The van der Waals surface area contributed by atoms with Gasteiger partial charge in [0.2, 0.25) is 6.41 Å². The lowest BCUT2D eigenvalue weighted by Gasteiger charge is -2.41. The van der Waals surface area contributed by atoms with Crippen molar-refractivity contribution < 1.29 is 4.79 Å². The highest BCUT2D eigenvalue weighted by Crippen LogP contribution is 2.35. The molecule has 1 aliphatic carbocycles. The summed E-state index contributed by atoms with van der Waals surface area (Å²) >= 11 is 0. The average molecular weight is 141 g/mol. The molecule has 0 bridgehead atoms. The number of amides is 1. The molecule has 0 aromatic carbocycles. The first-order chi connectivity index (χ1) is 4.83. The van der Waals surface area contributed by atoms with Crippen LogP contribution in [0.25, 0.3) is 0 Å². The molecule has 0 atom stereocenters. The van der Waals surface area contributed by atoms with Crippen molar-refractivity contribution in [1.29, 1.82) is 0 Å². The fourth-order valence-corrected chi connectivity index (χ4v) is 1.67. The van der Waals surface area contributed by atoms with E-state index in [1.165, 1.54) is 25.7 Å². The van der Waals surface area contributed by atoms with Gasteiger partial charge in [-0.3, -0.25) is 4.79 Å². The monoisotopic (exact) mass is 141 g/mol. The lowest BCUT2D eigenvalue weighted by molar-refractivity contribution is -0.112. The largest absolute Gasteiger partial charge is 0.353 e. The third-order valence-electron chi connectivity index (χ3n) is 2.40. The Morgan fingerprint density at radius 3 is 2.60 bits per heavy atom. The van der Waals surface area contributed by atoms with Crippen LogP contribution in [0.4, 0.5) is 0 Å². The van der Waals surface area contributed by atoms with E-state index in [-0.39, 0.29) is 5.54 Å².